The minimum atomic E-state index is 0. The normalized spacial score (nSPS) is 16.1. The summed E-state index contributed by atoms with van der Waals surface area (Å²) in [5, 5.41) is 6.80. The molecule has 3 rings (SSSR count). The van der Waals surface area contributed by atoms with Gasteiger partial charge in [-0.1, -0.05) is 42.0 Å². The first-order valence-electron chi connectivity index (χ1n) is 10.4. The Hall–Kier alpha value is -1.80. The molecule has 1 saturated heterocycles. The molecule has 30 heavy (non-hydrogen) atoms. The predicted octanol–water partition coefficient (Wildman–Crippen LogP) is 4.24. The molecular formula is C24H34IN3O2. The molecule has 1 aliphatic rings. The third-order valence-electron chi connectivity index (χ3n) is 5.22. The van der Waals surface area contributed by atoms with Gasteiger partial charge in [-0.05, 0) is 43.9 Å². The van der Waals surface area contributed by atoms with Crippen molar-refractivity contribution in [1.29, 1.82) is 0 Å². The van der Waals surface area contributed by atoms with E-state index in [1.54, 1.807) is 7.05 Å². The Morgan fingerprint density at radius 2 is 1.87 bits per heavy atom. The average Bonchev–Trinajstić information content (AvgIpc) is 3.25. The summed E-state index contributed by atoms with van der Waals surface area (Å²) in [6.45, 7) is 8.06. The van der Waals surface area contributed by atoms with Gasteiger partial charge in [0.25, 0.3) is 0 Å². The Morgan fingerprint density at radius 1 is 1.10 bits per heavy atom. The summed E-state index contributed by atoms with van der Waals surface area (Å²) in [5.74, 6) is 2.24. The van der Waals surface area contributed by atoms with Gasteiger partial charge in [0.15, 0.2) is 5.96 Å². The number of aryl methyl sites for hydroxylation is 2. The molecule has 0 amide bonds. The SMILES string of the molecule is CN=C(NCCc1ccc(C)cc1)NCc1ccc(C)cc1OCC1CCOC1.I. The second-order valence-electron chi connectivity index (χ2n) is 7.74. The number of benzene rings is 2. The van der Waals surface area contributed by atoms with Crippen molar-refractivity contribution in [1.82, 2.24) is 10.6 Å². The van der Waals surface area contributed by atoms with E-state index in [9.17, 15) is 0 Å². The van der Waals surface area contributed by atoms with E-state index in [1.165, 1.54) is 16.7 Å². The summed E-state index contributed by atoms with van der Waals surface area (Å²) >= 11 is 0. The first-order chi connectivity index (χ1) is 14.1. The van der Waals surface area contributed by atoms with Gasteiger partial charge in [-0.3, -0.25) is 4.99 Å². The Bertz CT molecular complexity index is 803. The van der Waals surface area contributed by atoms with Crippen molar-refractivity contribution in [2.45, 2.75) is 33.2 Å². The minimum Gasteiger partial charge on any atom is -0.493 e. The van der Waals surface area contributed by atoms with Gasteiger partial charge in [-0.25, -0.2) is 0 Å². The Labute approximate surface area is 197 Å². The van der Waals surface area contributed by atoms with E-state index in [4.69, 9.17) is 9.47 Å². The smallest absolute Gasteiger partial charge is 0.191 e. The summed E-state index contributed by atoms with van der Waals surface area (Å²) in [7, 11) is 1.80. The van der Waals surface area contributed by atoms with Gasteiger partial charge in [-0.2, -0.15) is 0 Å². The van der Waals surface area contributed by atoms with Crippen LogP contribution in [0.1, 0.15) is 28.7 Å². The van der Waals surface area contributed by atoms with Crippen LogP contribution in [0, 0.1) is 19.8 Å². The Balaban J connectivity index is 0.00000320. The number of halogens is 1. The lowest BCUT2D eigenvalue weighted by Gasteiger charge is -2.17. The van der Waals surface area contributed by atoms with Crippen LogP contribution in [0.25, 0.3) is 0 Å². The molecule has 1 atom stereocenters. The third kappa shape index (κ3) is 7.80. The molecule has 1 aliphatic heterocycles. The summed E-state index contributed by atoms with van der Waals surface area (Å²) < 4.78 is 11.6. The number of aliphatic imine (C=N–C) groups is 1. The van der Waals surface area contributed by atoms with Crippen LogP contribution in [0.15, 0.2) is 47.5 Å². The third-order valence-corrected chi connectivity index (χ3v) is 5.22. The number of guanidine groups is 1. The number of ether oxygens (including phenoxy) is 2. The fourth-order valence-electron chi connectivity index (χ4n) is 3.34. The summed E-state index contributed by atoms with van der Waals surface area (Å²) in [6.07, 6.45) is 2.04. The highest BCUT2D eigenvalue weighted by Crippen LogP contribution is 2.22. The zero-order valence-corrected chi connectivity index (χ0v) is 20.6. The first kappa shape index (κ1) is 24.5. The molecule has 0 spiro atoms. The molecule has 0 bridgehead atoms. The van der Waals surface area contributed by atoms with Crippen LogP contribution in [0.5, 0.6) is 5.75 Å². The van der Waals surface area contributed by atoms with Gasteiger partial charge in [0.2, 0.25) is 0 Å². The second kappa shape index (κ2) is 12.8. The van der Waals surface area contributed by atoms with Crippen LogP contribution < -0.4 is 15.4 Å². The fraction of sp³-hybridized carbons (Fsp3) is 0.458. The van der Waals surface area contributed by atoms with Gasteiger partial charge in [0.05, 0.1) is 13.2 Å². The average molecular weight is 523 g/mol. The standard InChI is InChI=1S/C24H33N3O2.HI/c1-18-4-7-20(8-5-18)10-12-26-24(25-3)27-15-22-9-6-19(2)14-23(22)29-17-21-11-13-28-16-21;/h4-9,14,21H,10-13,15-17H2,1-3H3,(H2,25,26,27);1H. The molecule has 1 fully saturated rings. The van der Waals surface area contributed by atoms with Crippen molar-refractivity contribution < 1.29 is 9.47 Å². The lowest BCUT2D eigenvalue weighted by Crippen LogP contribution is -2.38. The maximum absolute atomic E-state index is 6.14. The molecule has 0 saturated carbocycles. The predicted molar refractivity (Wildman–Crippen MR) is 134 cm³/mol. The lowest BCUT2D eigenvalue weighted by atomic mass is 10.1. The van der Waals surface area contributed by atoms with Crippen LogP contribution >= 0.6 is 24.0 Å². The minimum absolute atomic E-state index is 0. The maximum atomic E-state index is 6.14. The molecule has 6 heteroatoms. The van der Waals surface area contributed by atoms with Crippen LogP contribution in [0.4, 0.5) is 0 Å². The monoisotopic (exact) mass is 523 g/mol. The quantitative estimate of drug-likeness (QED) is 0.309. The van der Waals surface area contributed by atoms with Gasteiger partial charge < -0.3 is 20.1 Å². The fourth-order valence-corrected chi connectivity index (χ4v) is 3.34. The van der Waals surface area contributed by atoms with Crippen LogP contribution in [0.2, 0.25) is 0 Å². The van der Waals surface area contributed by atoms with Crippen LogP contribution in [0.3, 0.4) is 0 Å². The van der Waals surface area contributed by atoms with Crippen molar-refractivity contribution in [3.05, 3.63) is 64.7 Å². The summed E-state index contributed by atoms with van der Waals surface area (Å²) in [4.78, 5) is 4.34. The topological polar surface area (TPSA) is 54.9 Å². The Morgan fingerprint density at radius 3 is 2.57 bits per heavy atom. The lowest BCUT2D eigenvalue weighted by molar-refractivity contribution is 0.166. The van der Waals surface area contributed by atoms with Gasteiger partial charge >= 0.3 is 0 Å². The molecule has 5 nitrogen and oxygen atoms in total. The molecule has 0 aliphatic carbocycles. The van der Waals surface area contributed by atoms with E-state index >= 15 is 0 Å². The summed E-state index contributed by atoms with van der Waals surface area (Å²) in [6, 6.07) is 15.0. The van der Waals surface area contributed by atoms with Crippen molar-refractivity contribution >= 4 is 29.9 Å². The van der Waals surface area contributed by atoms with E-state index in [0.717, 1.165) is 49.9 Å². The van der Waals surface area contributed by atoms with Crippen molar-refractivity contribution in [3.8, 4) is 5.75 Å². The maximum Gasteiger partial charge on any atom is 0.191 e. The zero-order valence-electron chi connectivity index (χ0n) is 18.2. The number of nitrogens with zero attached hydrogens (tertiary/aromatic N) is 1. The molecule has 0 aromatic heterocycles. The summed E-state index contributed by atoms with van der Waals surface area (Å²) in [5.41, 5.74) is 4.95. The molecule has 2 aromatic rings. The van der Waals surface area contributed by atoms with E-state index < -0.39 is 0 Å². The van der Waals surface area contributed by atoms with E-state index in [-0.39, 0.29) is 24.0 Å². The van der Waals surface area contributed by atoms with Crippen LogP contribution in [-0.2, 0) is 17.7 Å². The van der Waals surface area contributed by atoms with Gasteiger partial charge in [0, 0.05) is 38.2 Å². The number of hydrogen-bond acceptors (Lipinski definition) is 3. The first-order valence-corrected chi connectivity index (χ1v) is 10.4. The van der Waals surface area contributed by atoms with E-state index in [2.05, 4.69) is 71.9 Å². The van der Waals surface area contributed by atoms with Crippen molar-refractivity contribution in [2.24, 2.45) is 10.9 Å². The molecular weight excluding hydrogens is 489 g/mol. The Kier molecular flexibility index (Phi) is 10.4. The van der Waals surface area contributed by atoms with Crippen LogP contribution in [-0.4, -0.2) is 39.4 Å². The molecule has 2 aromatic carbocycles. The largest absolute Gasteiger partial charge is 0.493 e. The highest BCUT2D eigenvalue weighted by molar-refractivity contribution is 14.0. The van der Waals surface area contributed by atoms with Gasteiger partial charge in [-0.15, -0.1) is 24.0 Å². The highest BCUT2D eigenvalue weighted by Gasteiger charge is 2.17. The number of nitrogens with one attached hydrogen (secondary N) is 2. The molecule has 164 valence electrons. The van der Waals surface area contributed by atoms with Crippen molar-refractivity contribution in [2.75, 3.05) is 33.4 Å². The van der Waals surface area contributed by atoms with E-state index in [1.807, 2.05) is 0 Å². The highest BCUT2D eigenvalue weighted by atomic mass is 127. The number of hydrogen-bond donors (Lipinski definition) is 2. The van der Waals surface area contributed by atoms with Crippen molar-refractivity contribution in [3.63, 3.8) is 0 Å². The second-order valence-corrected chi connectivity index (χ2v) is 7.74. The van der Waals surface area contributed by atoms with Gasteiger partial charge in [0.1, 0.15) is 5.75 Å². The van der Waals surface area contributed by atoms with E-state index in [0.29, 0.717) is 19.1 Å². The zero-order chi connectivity index (χ0) is 20.5. The molecule has 1 unspecified atom stereocenters. The number of rotatable bonds is 8. The molecule has 2 N–H and O–H groups in total. The molecule has 0 radical (unpaired) electrons. The molecule has 1 heterocycles.